The molecule has 1 saturated carbocycles. The minimum atomic E-state index is 0.672. The van der Waals surface area contributed by atoms with Crippen molar-refractivity contribution in [2.24, 2.45) is 5.92 Å². The first-order valence-electron chi connectivity index (χ1n) is 5.73. The van der Waals surface area contributed by atoms with Crippen LogP contribution in [0.25, 0.3) is 0 Å². The quantitative estimate of drug-likeness (QED) is 0.632. The molecule has 0 amide bonds. The predicted molar refractivity (Wildman–Crippen MR) is 74.8 cm³/mol. The Balaban J connectivity index is 2.05. The summed E-state index contributed by atoms with van der Waals surface area (Å²) >= 11 is 15.9. The first-order valence-corrected chi connectivity index (χ1v) is 7.41. The normalized spacial score (nSPS) is 25.7. The molecule has 1 aliphatic carbocycles. The standard InChI is InChI=1S/C13H15BrCl2/c14-11-5-1-3-9(8-11)7-10-4-2-6-12(15)13(10)16/h2,4,6,9,11H,1,3,5,7-8H2. The highest BCUT2D eigenvalue weighted by atomic mass is 79.9. The molecule has 0 radical (unpaired) electrons. The van der Waals surface area contributed by atoms with Gasteiger partial charge in [-0.1, -0.05) is 64.1 Å². The molecule has 0 heterocycles. The number of rotatable bonds is 2. The summed E-state index contributed by atoms with van der Waals surface area (Å²) in [7, 11) is 0. The molecular formula is C13H15BrCl2. The number of hydrogen-bond donors (Lipinski definition) is 0. The second kappa shape index (κ2) is 5.75. The number of benzene rings is 1. The average molecular weight is 322 g/mol. The van der Waals surface area contributed by atoms with Gasteiger partial charge in [0.2, 0.25) is 0 Å². The zero-order valence-corrected chi connectivity index (χ0v) is 12.2. The lowest BCUT2D eigenvalue weighted by Crippen LogP contribution is -2.17. The van der Waals surface area contributed by atoms with E-state index in [9.17, 15) is 0 Å². The molecule has 0 saturated heterocycles. The summed E-state index contributed by atoms with van der Waals surface area (Å²) in [6.45, 7) is 0. The largest absolute Gasteiger partial charge is 0.0891 e. The second-order valence-corrected chi connectivity index (χ2v) is 6.63. The Labute approximate surface area is 115 Å². The third-order valence-corrected chi connectivity index (χ3v) is 4.95. The molecule has 0 bridgehead atoms. The first kappa shape index (κ1) is 12.7. The van der Waals surface area contributed by atoms with Crippen molar-refractivity contribution < 1.29 is 0 Å². The van der Waals surface area contributed by atoms with Crippen LogP contribution in [0.4, 0.5) is 0 Å². The fraction of sp³-hybridized carbons (Fsp3) is 0.538. The van der Waals surface area contributed by atoms with Gasteiger partial charge in [0, 0.05) is 4.83 Å². The number of alkyl halides is 1. The van der Waals surface area contributed by atoms with Gasteiger partial charge in [0.05, 0.1) is 10.0 Å². The minimum Gasteiger partial charge on any atom is -0.0891 e. The smallest absolute Gasteiger partial charge is 0.0624 e. The fourth-order valence-electron chi connectivity index (χ4n) is 2.43. The van der Waals surface area contributed by atoms with E-state index in [1.165, 1.54) is 31.2 Å². The monoisotopic (exact) mass is 320 g/mol. The van der Waals surface area contributed by atoms with Gasteiger partial charge in [-0.3, -0.25) is 0 Å². The van der Waals surface area contributed by atoms with E-state index in [-0.39, 0.29) is 0 Å². The molecule has 1 aromatic carbocycles. The van der Waals surface area contributed by atoms with Crippen molar-refractivity contribution in [3.63, 3.8) is 0 Å². The van der Waals surface area contributed by atoms with Gasteiger partial charge in [0.25, 0.3) is 0 Å². The van der Waals surface area contributed by atoms with Crippen molar-refractivity contribution in [1.82, 2.24) is 0 Å². The van der Waals surface area contributed by atoms with Crippen LogP contribution < -0.4 is 0 Å². The Hall–Kier alpha value is 0.280. The molecular weight excluding hydrogens is 307 g/mol. The summed E-state index contributed by atoms with van der Waals surface area (Å²) in [5.74, 6) is 0.745. The van der Waals surface area contributed by atoms with E-state index in [2.05, 4.69) is 22.0 Å². The summed E-state index contributed by atoms with van der Waals surface area (Å²) in [6, 6.07) is 5.92. The van der Waals surface area contributed by atoms with Gasteiger partial charge in [-0.2, -0.15) is 0 Å². The topological polar surface area (TPSA) is 0 Å². The molecule has 0 aromatic heterocycles. The summed E-state index contributed by atoms with van der Waals surface area (Å²) in [4.78, 5) is 0.684. The summed E-state index contributed by atoms with van der Waals surface area (Å²) < 4.78 is 0. The van der Waals surface area contributed by atoms with Gasteiger partial charge in [-0.15, -0.1) is 0 Å². The van der Waals surface area contributed by atoms with Crippen LogP contribution in [-0.4, -0.2) is 4.83 Å². The zero-order chi connectivity index (χ0) is 11.5. The van der Waals surface area contributed by atoms with Crippen LogP contribution in [0.3, 0.4) is 0 Å². The van der Waals surface area contributed by atoms with E-state index in [4.69, 9.17) is 23.2 Å². The molecule has 1 aromatic rings. The summed E-state index contributed by atoms with van der Waals surface area (Å²) in [6.07, 6.45) is 6.24. The van der Waals surface area contributed by atoms with E-state index < -0.39 is 0 Å². The van der Waals surface area contributed by atoms with Crippen LogP contribution in [-0.2, 0) is 6.42 Å². The minimum absolute atomic E-state index is 0.672. The number of hydrogen-bond acceptors (Lipinski definition) is 0. The lowest BCUT2D eigenvalue weighted by Gasteiger charge is -2.26. The molecule has 2 unspecified atom stereocenters. The molecule has 88 valence electrons. The van der Waals surface area contributed by atoms with Crippen LogP contribution in [0, 0.1) is 5.92 Å². The lowest BCUT2D eigenvalue weighted by atomic mass is 9.85. The fourth-order valence-corrected chi connectivity index (χ4v) is 3.68. The number of halogens is 3. The SMILES string of the molecule is Clc1cccc(CC2CCCC(Br)C2)c1Cl. The Morgan fingerprint density at radius 2 is 2.06 bits per heavy atom. The van der Waals surface area contributed by atoms with Crippen LogP contribution in [0.5, 0.6) is 0 Å². The Morgan fingerprint density at radius 1 is 1.25 bits per heavy atom. The lowest BCUT2D eigenvalue weighted by molar-refractivity contribution is 0.368. The Morgan fingerprint density at radius 3 is 2.81 bits per heavy atom. The first-order chi connectivity index (χ1) is 7.66. The van der Waals surface area contributed by atoms with Crippen molar-refractivity contribution in [1.29, 1.82) is 0 Å². The molecule has 0 aliphatic heterocycles. The van der Waals surface area contributed by atoms with E-state index in [0.717, 1.165) is 17.4 Å². The van der Waals surface area contributed by atoms with Gasteiger partial charge >= 0.3 is 0 Å². The van der Waals surface area contributed by atoms with E-state index in [1.54, 1.807) is 0 Å². The molecule has 1 aliphatic rings. The van der Waals surface area contributed by atoms with Gasteiger partial charge in [0.15, 0.2) is 0 Å². The van der Waals surface area contributed by atoms with E-state index in [0.29, 0.717) is 9.85 Å². The van der Waals surface area contributed by atoms with Crippen LogP contribution >= 0.6 is 39.1 Å². The van der Waals surface area contributed by atoms with Crippen molar-refractivity contribution >= 4 is 39.1 Å². The summed E-state index contributed by atoms with van der Waals surface area (Å²) in [5, 5.41) is 1.41. The van der Waals surface area contributed by atoms with Gasteiger partial charge < -0.3 is 0 Å². The Bertz CT molecular complexity index is 365. The molecule has 0 spiro atoms. The van der Waals surface area contributed by atoms with Gasteiger partial charge in [0.1, 0.15) is 0 Å². The molecule has 0 nitrogen and oxygen atoms in total. The van der Waals surface area contributed by atoms with Crippen molar-refractivity contribution in [2.75, 3.05) is 0 Å². The van der Waals surface area contributed by atoms with E-state index >= 15 is 0 Å². The molecule has 16 heavy (non-hydrogen) atoms. The highest BCUT2D eigenvalue weighted by molar-refractivity contribution is 9.09. The average Bonchev–Trinajstić information content (AvgIpc) is 2.25. The molecule has 2 rings (SSSR count). The molecule has 1 fully saturated rings. The maximum absolute atomic E-state index is 6.21. The maximum Gasteiger partial charge on any atom is 0.0624 e. The van der Waals surface area contributed by atoms with Crippen LogP contribution in [0.1, 0.15) is 31.2 Å². The van der Waals surface area contributed by atoms with E-state index in [1.807, 2.05) is 12.1 Å². The highest BCUT2D eigenvalue weighted by Crippen LogP contribution is 2.34. The van der Waals surface area contributed by atoms with Crippen LogP contribution in [0.15, 0.2) is 18.2 Å². The molecule has 2 atom stereocenters. The molecule has 3 heteroatoms. The van der Waals surface area contributed by atoms with Crippen molar-refractivity contribution in [2.45, 2.75) is 36.9 Å². The third-order valence-electron chi connectivity index (χ3n) is 3.26. The van der Waals surface area contributed by atoms with Crippen molar-refractivity contribution in [3.05, 3.63) is 33.8 Å². The maximum atomic E-state index is 6.21. The zero-order valence-electron chi connectivity index (χ0n) is 9.06. The van der Waals surface area contributed by atoms with Gasteiger partial charge in [-0.25, -0.2) is 0 Å². The third kappa shape index (κ3) is 3.15. The predicted octanol–water partition coefficient (Wildman–Crippen LogP) is 5.49. The van der Waals surface area contributed by atoms with Crippen LogP contribution in [0.2, 0.25) is 10.0 Å². The highest BCUT2D eigenvalue weighted by Gasteiger charge is 2.21. The van der Waals surface area contributed by atoms with Gasteiger partial charge in [-0.05, 0) is 36.8 Å². The van der Waals surface area contributed by atoms with Crippen molar-refractivity contribution in [3.8, 4) is 0 Å². The summed E-state index contributed by atoms with van der Waals surface area (Å²) in [5.41, 5.74) is 1.20. The second-order valence-electron chi connectivity index (χ2n) is 4.55. The Kier molecular flexibility index (Phi) is 4.57. The molecule has 0 N–H and O–H groups in total.